The fourth-order valence-electron chi connectivity index (χ4n) is 8.01. The average Bonchev–Trinajstić information content (AvgIpc) is 2.84. The second kappa shape index (κ2) is 5.23. The summed E-state index contributed by atoms with van der Waals surface area (Å²) < 4.78 is 0. The van der Waals surface area contributed by atoms with Gasteiger partial charge in [-0.25, -0.2) is 0 Å². The SMILES string of the molecule is CC[C@@H]1CC[C@@H]2[C@@H]3CC[C@H]4C[C@H](O)CC[C@]4(C)[C@@H]3CC[C@@]12C. The first-order valence-electron chi connectivity index (χ1n) is 10.2. The van der Waals surface area contributed by atoms with Crippen LogP contribution in [0.15, 0.2) is 0 Å². The van der Waals surface area contributed by atoms with Gasteiger partial charge in [-0.05, 0) is 98.2 Å². The molecular weight excluding hydrogens is 268 g/mol. The van der Waals surface area contributed by atoms with E-state index in [0.717, 1.165) is 42.4 Å². The van der Waals surface area contributed by atoms with Crippen LogP contribution in [0.25, 0.3) is 0 Å². The molecule has 4 fully saturated rings. The van der Waals surface area contributed by atoms with Crippen LogP contribution >= 0.6 is 0 Å². The molecule has 22 heavy (non-hydrogen) atoms. The first-order valence-corrected chi connectivity index (χ1v) is 10.2. The Morgan fingerprint density at radius 1 is 0.864 bits per heavy atom. The molecular formula is C21H36O. The first-order chi connectivity index (χ1) is 10.5. The molecule has 8 atom stereocenters. The van der Waals surface area contributed by atoms with E-state index >= 15 is 0 Å². The largest absolute Gasteiger partial charge is 0.393 e. The smallest absolute Gasteiger partial charge is 0.0543 e. The summed E-state index contributed by atoms with van der Waals surface area (Å²) >= 11 is 0. The molecule has 4 saturated carbocycles. The van der Waals surface area contributed by atoms with E-state index in [1.807, 2.05) is 0 Å². The Bertz CT molecular complexity index is 432. The molecule has 0 radical (unpaired) electrons. The average molecular weight is 305 g/mol. The highest BCUT2D eigenvalue weighted by Gasteiger charge is 2.59. The van der Waals surface area contributed by atoms with Crippen LogP contribution in [-0.2, 0) is 0 Å². The van der Waals surface area contributed by atoms with Crippen molar-refractivity contribution in [1.82, 2.24) is 0 Å². The monoisotopic (exact) mass is 304 g/mol. The highest BCUT2D eigenvalue weighted by Crippen LogP contribution is 2.67. The van der Waals surface area contributed by atoms with Gasteiger partial charge >= 0.3 is 0 Å². The highest BCUT2D eigenvalue weighted by molar-refractivity contribution is 5.08. The van der Waals surface area contributed by atoms with Crippen molar-refractivity contribution >= 4 is 0 Å². The quantitative estimate of drug-likeness (QED) is 0.686. The summed E-state index contributed by atoms with van der Waals surface area (Å²) in [5.74, 6) is 4.79. The Morgan fingerprint density at radius 3 is 2.36 bits per heavy atom. The molecule has 0 bridgehead atoms. The van der Waals surface area contributed by atoms with Gasteiger partial charge in [0.1, 0.15) is 0 Å². The van der Waals surface area contributed by atoms with E-state index in [2.05, 4.69) is 20.8 Å². The van der Waals surface area contributed by atoms with E-state index in [9.17, 15) is 5.11 Å². The molecule has 4 aliphatic rings. The lowest BCUT2D eigenvalue weighted by Crippen LogP contribution is -2.53. The molecule has 4 aliphatic carbocycles. The third-order valence-electron chi connectivity index (χ3n) is 9.33. The van der Waals surface area contributed by atoms with Crippen molar-refractivity contribution < 1.29 is 5.11 Å². The van der Waals surface area contributed by atoms with Gasteiger partial charge in [-0.15, -0.1) is 0 Å². The molecule has 1 nitrogen and oxygen atoms in total. The van der Waals surface area contributed by atoms with Crippen molar-refractivity contribution in [3.05, 3.63) is 0 Å². The second-order valence-electron chi connectivity index (χ2n) is 9.81. The number of aliphatic hydroxyl groups excluding tert-OH is 1. The van der Waals surface area contributed by atoms with Crippen molar-refractivity contribution in [2.45, 2.75) is 91.1 Å². The fraction of sp³-hybridized carbons (Fsp3) is 1.00. The zero-order chi connectivity index (χ0) is 15.5. The van der Waals surface area contributed by atoms with Gasteiger partial charge in [-0.1, -0.05) is 27.2 Å². The fourth-order valence-corrected chi connectivity index (χ4v) is 8.01. The molecule has 1 heteroatoms. The second-order valence-corrected chi connectivity index (χ2v) is 9.81. The summed E-state index contributed by atoms with van der Waals surface area (Å²) in [6.45, 7) is 7.68. The Kier molecular flexibility index (Phi) is 3.68. The van der Waals surface area contributed by atoms with Gasteiger partial charge in [-0.2, -0.15) is 0 Å². The van der Waals surface area contributed by atoms with Gasteiger partial charge in [-0.3, -0.25) is 0 Å². The lowest BCUT2D eigenvalue weighted by molar-refractivity contribution is -0.126. The van der Waals surface area contributed by atoms with E-state index < -0.39 is 0 Å². The first kappa shape index (κ1) is 15.5. The molecule has 0 aromatic heterocycles. The van der Waals surface area contributed by atoms with E-state index in [1.165, 1.54) is 51.4 Å². The number of fused-ring (bicyclic) bond motifs is 5. The summed E-state index contributed by atoms with van der Waals surface area (Å²) in [4.78, 5) is 0. The minimum absolute atomic E-state index is 0.000524. The van der Waals surface area contributed by atoms with Crippen LogP contribution in [0.5, 0.6) is 0 Å². The zero-order valence-electron chi connectivity index (χ0n) is 15.0. The van der Waals surface area contributed by atoms with E-state index in [0.29, 0.717) is 10.8 Å². The van der Waals surface area contributed by atoms with Crippen LogP contribution in [0.3, 0.4) is 0 Å². The zero-order valence-corrected chi connectivity index (χ0v) is 15.0. The van der Waals surface area contributed by atoms with Gasteiger partial charge < -0.3 is 5.11 Å². The molecule has 1 N–H and O–H groups in total. The third kappa shape index (κ3) is 2.00. The maximum Gasteiger partial charge on any atom is 0.0543 e. The summed E-state index contributed by atoms with van der Waals surface area (Å²) in [6, 6.07) is 0. The normalized spacial score (nSPS) is 57.8. The number of hydrogen-bond acceptors (Lipinski definition) is 1. The van der Waals surface area contributed by atoms with Crippen LogP contribution < -0.4 is 0 Å². The predicted octanol–water partition coefficient (Wildman–Crippen LogP) is 5.42. The van der Waals surface area contributed by atoms with Crippen LogP contribution in [-0.4, -0.2) is 11.2 Å². The van der Waals surface area contributed by atoms with Gasteiger partial charge in [0.25, 0.3) is 0 Å². The molecule has 4 rings (SSSR count). The molecule has 0 amide bonds. The topological polar surface area (TPSA) is 20.2 Å². The number of hydrogen-bond donors (Lipinski definition) is 1. The van der Waals surface area contributed by atoms with Crippen LogP contribution in [0, 0.1) is 40.4 Å². The van der Waals surface area contributed by atoms with E-state index in [4.69, 9.17) is 0 Å². The molecule has 0 spiro atoms. The Morgan fingerprint density at radius 2 is 1.59 bits per heavy atom. The summed E-state index contributed by atoms with van der Waals surface area (Å²) in [5.41, 5.74) is 1.21. The van der Waals surface area contributed by atoms with Gasteiger partial charge in [0.15, 0.2) is 0 Å². The summed E-state index contributed by atoms with van der Waals surface area (Å²) in [5, 5.41) is 10.1. The Hall–Kier alpha value is -0.0400. The summed E-state index contributed by atoms with van der Waals surface area (Å²) in [7, 11) is 0. The van der Waals surface area contributed by atoms with Crippen LogP contribution in [0.4, 0.5) is 0 Å². The van der Waals surface area contributed by atoms with Crippen molar-refractivity contribution in [3.63, 3.8) is 0 Å². The molecule has 0 aromatic carbocycles. The van der Waals surface area contributed by atoms with Crippen molar-refractivity contribution in [1.29, 1.82) is 0 Å². The highest BCUT2D eigenvalue weighted by atomic mass is 16.3. The summed E-state index contributed by atoms with van der Waals surface area (Å²) in [6.07, 6.45) is 13.7. The molecule has 0 aromatic rings. The minimum Gasteiger partial charge on any atom is -0.393 e. The molecule has 0 unspecified atom stereocenters. The minimum atomic E-state index is -0.000524. The van der Waals surface area contributed by atoms with Crippen molar-refractivity contribution in [2.24, 2.45) is 40.4 Å². The van der Waals surface area contributed by atoms with Crippen LogP contribution in [0.2, 0.25) is 0 Å². The van der Waals surface area contributed by atoms with Gasteiger partial charge in [0.05, 0.1) is 6.10 Å². The lowest BCUT2D eigenvalue weighted by Gasteiger charge is -2.61. The van der Waals surface area contributed by atoms with E-state index in [-0.39, 0.29) is 6.10 Å². The molecule has 0 saturated heterocycles. The molecule has 0 aliphatic heterocycles. The number of rotatable bonds is 1. The van der Waals surface area contributed by atoms with Gasteiger partial charge in [0.2, 0.25) is 0 Å². The Balaban J connectivity index is 1.61. The van der Waals surface area contributed by atoms with Crippen LogP contribution in [0.1, 0.15) is 85.0 Å². The van der Waals surface area contributed by atoms with Gasteiger partial charge in [0, 0.05) is 0 Å². The molecule has 126 valence electrons. The van der Waals surface area contributed by atoms with Crippen molar-refractivity contribution in [2.75, 3.05) is 0 Å². The van der Waals surface area contributed by atoms with E-state index in [1.54, 1.807) is 0 Å². The number of aliphatic hydroxyl groups is 1. The maximum atomic E-state index is 10.1. The Labute approximate surface area is 137 Å². The predicted molar refractivity (Wildman–Crippen MR) is 91.5 cm³/mol. The lowest BCUT2D eigenvalue weighted by atomic mass is 9.44. The third-order valence-corrected chi connectivity index (χ3v) is 9.33. The molecule has 0 heterocycles. The maximum absolute atomic E-state index is 10.1. The standard InChI is InChI=1S/C21H36O/c1-4-14-6-8-18-17-7-5-15-13-16(22)9-11-21(15,3)19(17)10-12-20(14,18)2/h14-19,22H,4-13H2,1-3H3/t14-,15+,16-,17+,18-,19-,20+,21+/m1/s1. The van der Waals surface area contributed by atoms with Crippen molar-refractivity contribution in [3.8, 4) is 0 Å².